The van der Waals surface area contributed by atoms with E-state index in [-0.39, 0.29) is 0 Å². The van der Waals surface area contributed by atoms with Gasteiger partial charge in [-0.3, -0.25) is 0 Å². The lowest BCUT2D eigenvalue weighted by Crippen LogP contribution is -2.33. The average molecular weight is 132 g/mol. The third kappa shape index (κ3) is 0.535. The van der Waals surface area contributed by atoms with Gasteiger partial charge < -0.3 is 5.32 Å². The van der Waals surface area contributed by atoms with Gasteiger partial charge in [-0.05, 0) is 0 Å². The highest BCUT2D eigenvalue weighted by Gasteiger charge is 2.46. The number of piperazine rings is 1. The molecular formula is C4H8N2OS. The summed E-state index contributed by atoms with van der Waals surface area (Å²) >= 11 is 0. The van der Waals surface area contributed by atoms with Gasteiger partial charge in [0.05, 0.1) is 0 Å². The predicted octanol–water partition coefficient (Wildman–Crippen LogP) is -1.10. The molecule has 0 bridgehead atoms. The van der Waals surface area contributed by atoms with E-state index in [0.717, 1.165) is 19.6 Å². The summed E-state index contributed by atoms with van der Waals surface area (Å²) in [5.74, 6) is 0. The Bertz CT molecular complexity index is 124. The van der Waals surface area contributed by atoms with Crippen molar-refractivity contribution in [3.05, 3.63) is 0 Å². The van der Waals surface area contributed by atoms with Crippen LogP contribution in [0.15, 0.2) is 0 Å². The standard InChI is InChI=1S/C4H8N2OS/c7-8-4-3-5-1-2-6(4)8/h4-5H,1-3H2. The summed E-state index contributed by atoms with van der Waals surface area (Å²) in [4.78, 5) is 0. The van der Waals surface area contributed by atoms with Crippen molar-refractivity contribution < 1.29 is 4.21 Å². The maximum absolute atomic E-state index is 10.7. The maximum Gasteiger partial charge on any atom is 0.125 e. The molecule has 3 nitrogen and oxygen atoms in total. The van der Waals surface area contributed by atoms with Crippen molar-refractivity contribution in [2.45, 2.75) is 5.37 Å². The monoisotopic (exact) mass is 132 g/mol. The van der Waals surface area contributed by atoms with Crippen LogP contribution in [0.5, 0.6) is 0 Å². The molecule has 0 radical (unpaired) electrons. The molecule has 2 aliphatic rings. The minimum absolute atomic E-state index is 0.365. The Labute approximate surface area is 50.6 Å². The highest BCUT2D eigenvalue weighted by Crippen LogP contribution is 2.25. The zero-order chi connectivity index (χ0) is 5.56. The molecule has 3 atom stereocenters. The average Bonchev–Trinajstić information content (AvgIpc) is 2.46. The Morgan fingerprint density at radius 3 is 3.12 bits per heavy atom. The van der Waals surface area contributed by atoms with E-state index in [0.29, 0.717) is 5.37 Å². The Balaban J connectivity index is 2.07. The molecule has 0 amide bonds. The quantitative estimate of drug-likeness (QED) is 0.424. The van der Waals surface area contributed by atoms with Gasteiger partial charge in [0, 0.05) is 19.6 Å². The van der Waals surface area contributed by atoms with E-state index in [4.69, 9.17) is 0 Å². The van der Waals surface area contributed by atoms with Crippen molar-refractivity contribution in [1.29, 1.82) is 0 Å². The number of nitrogens with one attached hydrogen (secondary N) is 1. The first-order chi connectivity index (χ1) is 3.89. The highest BCUT2D eigenvalue weighted by molar-refractivity contribution is 7.89. The van der Waals surface area contributed by atoms with Gasteiger partial charge in [0.15, 0.2) is 0 Å². The summed E-state index contributed by atoms with van der Waals surface area (Å²) < 4.78 is 12.7. The molecule has 0 aromatic heterocycles. The molecule has 1 N–H and O–H groups in total. The number of hydrogen-bond donors (Lipinski definition) is 1. The fraction of sp³-hybridized carbons (Fsp3) is 1.00. The smallest absolute Gasteiger partial charge is 0.125 e. The molecule has 2 aliphatic heterocycles. The van der Waals surface area contributed by atoms with Crippen LogP contribution in [0.4, 0.5) is 0 Å². The van der Waals surface area contributed by atoms with Gasteiger partial charge in [0.1, 0.15) is 16.4 Å². The van der Waals surface area contributed by atoms with E-state index in [1.165, 1.54) is 0 Å². The summed E-state index contributed by atoms with van der Waals surface area (Å²) in [5, 5.41) is 3.54. The molecule has 0 aliphatic carbocycles. The molecule has 4 heteroatoms. The zero-order valence-corrected chi connectivity index (χ0v) is 5.28. The summed E-state index contributed by atoms with van der Waals surface area (Å²) in [6, 6.07) is 0. The first-order valence-corrected chi connectivity index (χ1v) is 3.94. The van der Waals surface area contributed by atoms with Crippen LogP contribution in [0.25, 0.3) is 0 Å². The first-order valence-electron chi connectivity index (χ1n) is 2.77. The predicted molar refractivity (Wildman–Crippen MR) is 31.5 cm³/mol. The molecule has 2 heterocycles. The van der Waals surface area contributed by atoms with Crippen molar-refractivity contribution in [1.82, 2.24) is 9.62 Å². The van der Waals surface area contributed by atoms with Gasteiger partial charge in [0.25, 0.3) is 0 Å². The minimum atomic E-state index is -0.603. The zero-order valence-electron chi connectivity index (χ0n) is 4.46. The van der Waals surface area contributed by atoms with Crippen molar-refractivity contribution in [2.24, 2.45) is 0 Å². The van der Waals surface area contributed by atoms with Gasteiger partial charge in [-0.25, -0.2) is 8.51 Å². The summed E-state index contributed by atoms with van der Waals surface area (Å²) in [7, 11) is -0.603. The summed E-state index contributed by atoms with van der Waals surface area (Å²) in [5.41, 5.74) is 0. The lowest BCUT2D eigenvalue weighted by Gasteiger charge is -2.07. The first kappa shape index (κ1) is 4.90. The largest absolute Gasteiger partial charge is 0.313 e. The maximum atomic E-state index is 10.7. The van der Waals surface area contributed by atoms with Crippen LogP contribution in [-0.4, -0.2) is 33.5 Å². The second-order valence-electron chi connectivity index (χ2n) is 2.08. The van der Waals surface area contributed by atoms with Gasteiger partial charge in [-0.1, -0.05) is 0 Å². The Hall–Kier alpha value is 0.0700. The molecular weight excluding hydrogens is 124 g/mol. The van der Waals surface area contributed by atoms with Crippen molar-refractivity contribution in [2.75, 3.05) is 19.6 Å². The normalized spacial score (nSPS) is 52.8. The van der Waals surface area contributed by atoms with E-state index >= 15 is 0 Å². The summed E-state index contributed by atoms with van der Waals surface area (Å²) in [6.45, 7) is 2.89. The van der Waals surface area contributed by atoms with Gasteiger partial charge in [-0.2, -0.15) is 0 Å². The Morgan fingerprint density at radius 2 is 2.62 bits per heavy atom. The number of nitrogens with zero attached hydrogens (tertiary/aromatic N) is 1. The molecule has 0 aromatic rings. The second kappa shape index (κ2) is 1.52. The molecule has 46 valence electrons. The minimum Gasteiger partial charge on any atom is -0.313 e. The molecule has 0 aromatic carbocycles. The molecule has 2 saturated heterocycles. The van der Waals surface area contributed by atoms with Gasteiger partial charge >= 0.3 is 0 Å². The SMILES string of the molecule is O=S1C2CNCCN21. The van der Waals surface area contributed by atoms with E-state index in [9.17, 15) is 4.21 Å². The van der Waals surface area contributed by atoms with Crippen molar-refractivity contribution >= 4 is 11.0 Å². The fourth-order valence-electron chi connectivity index (χ4n) is 1.03. The van der Waals surface area contributed by atoms with E-state index in [1.807, 2.05) is 4.31 Å². The topological polar surface area (TPSA) is 32.1 Å². The van der Waals surface area contributed by atoms with Crippen LogP contribution < -0.4 is 5.32 Å². The highest BCUT2D eigenvalue weighted by atomic mass is 32.2. The van der Waals surface area contributed by atoms with E-state index in [1.54, 1.807) is 0 Å². The molecule has 3 unspecified atom stereocenters. The third-order valence-electron chi connectivity index (χ3n) is 1.57. The van der Waals surface area contributed by atoms with E-state index < -0.39 is 11.0 Å². The van der Waals surface area contributed by atoms with Crippen LogP contribution in [0.2, 0.25) is 0 Å². The van der Waals surface area contributed by atoms with Gasteiger partial charge in [-0.15, -0.1) is 0 Å². The lowest BCUT2D eigenvalue weighted by molar-refractivity contribution is 0.438. The number of rotatable bonds is 0. The van der Waals surface area contributed by atoms with Crippen LogP contribution in [0, 0.1) is 0 Å². The molecule has 2 rings (SSSR count). The Kier molecular flexibility index (Phi) is 0.935. The fourth-order valence-corrected chi connectivity index (χ4v) is 2.26. The van der Waals surface area contributed by atoms with Crippen molar-refractivity contribution in [3.63, 3.8) is 0 Å². The van der Waals surface area contributed by atoms with Crippen LogP contribution in [-0.2, 0) is 11.0 Å². The molecule has 8 heavy (non-hydrogen) atoms. The molecule has 0 spiro atoms. The van der Waals surface area contributed by atoms with E-state index in [2.05, 4.69) is 5.32 Å². The second-order valence-corrected chi connectivity index (χ2v) is 3.64. The Morgan fingerprint density at radius 1 is 1.75 bits per heavy atom. The number of hydrogen-bond acceptors (Lipinski definition) is 2. The third-order valence-corrected chi connectivity index (χ3v) is 3.14. The van der Waals surface area contributed by atoms with Crippen molar-refractivity contribution in [3.8, 4) is 0 Å². The lowest BCUT2D eigenvalue weighted by atomic mass is 10.4. The molecule has 2 fully saturated rings. The van der Waals surface area contributed by atoms with Crippen LogP contribution in [0.3, 0.4) is 0 Å². The number of fused-ring (bicyclic) bond motifs is 1. The summed E-state index contributed by atoms with van der Waals surface area (Å²) in [6.07, 6.45) is 0. The van der Waals surface area contributed by atoms with Crippen LogP contribution >= 0.6 is 0 Å². The van der Waals surface area contributed by atoms with Crippen LogP contribution in [0.1, 0.15) is 0 Å². The molecule has 0 saturated carbocycles. The van der Waals surface area contributed by atoms with Gasteiger partial charge in [0.2, 0.25) is 0 Å².